The van der Waals surface area contributed by atoms with Gasteiger partial charge in [0.15, 0.2) is 0 Å². The van der Waals surface area contributed by atoms with Crippen LogP contribution < -0.4 is 11.1 Å². The van der Waals surface area contributed by atoms with Gasteiger partial charge in [0.2, 0.25) is 0 Å². The van der Waals surface area contributed by atoms with E-state index in [1.54, 1.807) is 0 Å². The van der Waals surface area contributed by atoms with Gasteiger partial charge >= 0.3 is 0 Å². The van der Waals surface area contributed by atoms with Crippen LogP contribution in [0.4, 0.5) is 10.1 Å². The van der Waals surface area contributed by atoms with E-state index in [1.807, 2.05) is 0 Å². The summed E-state index contributed by atoms with van der Waals surface area (Å²) in [5.74, 6) is -0.806. The summed E-state index contributed by atoms with van der Waals surface area (Å²) in [6.45, 7) is 1.14. The molecule has 0 atom stereocenters. The van der Waals surface area contributed by atoms with Crippen molar-refractivity contribution in [3.63, 3.8) is 0 Å². The molecule has 1 aromatic rings. The summed E-state index contributed by atoms with van der Waals surface area (Å²) in [5.41, 5.74) is 6.13. The summed E-state index contributed by atoms with van der Waals surface area (Å²) in [5, 5.41) is 2.74. The Labute approximate surface area is 124 Å². The molecular weight excluding hydrogens is 271 g/mol. The van der Waals surface area contributed by atoms with Gasteiger partial charge in [0.25, 0.3) is 5.91 Å². The molecule has 1 aromatic carbocycles. The van der Waals surface area contributed by atoms with Gasteiger partial charge in [-0.25, -0.2) is 4.39 Å². The van der Waals surface area contributed by atoms with E-state index < -0.39 is 5.82 Å². The average Bonchev–Trinajstić information content (AvgIpc) is 2.50. The highest BCUT2D eigenvalue weighted by Crippen LogP contribution is 2.20. The Balaban J connectivity index is 1.66. The smallest absolute Gasteiger partial charge is 0.253 e. The van der Waals surface area contributed by atoms with Crippen LogP contribution in [0.1, 0.15) is 48.9 Å². The lowest BCUT2D eigenvalue weighted by Gasteiger charge is -2.21. The molecule has 0 spiro atoms. The van der Waals surface area contributed by atoms with Gasteiger partial charge in [0.05, 0.1) is 11.7 Å². The molecule has 3 N–H and O–H groups in total. The van der Waals surface area contributed by atoms with Gasteiger partial charge in [0, 0.05) is 18.8 Å². The molecule has 0 bridgehead atoms. The van der Waals surface area contributed by atoms with Gasteiger partial charge in [-0.1, -0.05) is 19.3 Å². The summed E-state index contributed by atoms with van der Waals surface area (Å²) in [7, 11) is 0. The molecule has 4 nitrogen and oxygen atoms in total. The first-order chi connectivity index (χ1) is 10.2. The number of halogens is 1. The molecule has 21 heavy (non-hydrogen) atoms. The number of carbonyl (C=O) groups is 1. The highest BCUT2D eigenvalue weighted by atomic mass is 19.1. The molecule has 0 aliphatic heterocycles. The van der Waals surface area contributed by atoms with Gasteiger partial charge in [-0.2, -0.15) is 0 Å². The fourth-order valence-corrected chi connectivity index (χ4v) is 2.58. The van der Waals surface area contributed by atoms with E-state index in [-0.39, 0.29) is 17.2 Å². The lowest BCUT2D eigenvalue weighted by Crippen LogP contribution is -2.27. The van der Waals surface area contributed by atoms with Crippen LogP contribution in [0.5, 0.6) is 0 Å². The summed E-state index contributed by atoms with van der Waals surface area (Å²) < 4.78 is 18.9. The van der Waals surface area contributed by atoms with Crippen LogP contribution in [0.15, 0.2) is 18.2 Å². The molecule has 1 fully saturated rings. The summed E-state index contributed by atoms with van der Waals surface area (Å²) >= 11 is 0. The van der Waals surface area contributed by atoms with Crippen molar-refractivity contribution >= 4 is 11.6 Å². The standard InChI is InChI=1S/C16H23FN2O2/c17-12-7-8-15(18)14(11-12)16(20)19-9-4-10-21-13-5-2-1-3-6-13/h7-8,11,13H,1-6,9-10,18H2,(H,19,20). The number of nitrogens with two attached hydrogens (primary N) is 1. The molecule has 1 amide bonds. The Morgan fingerprint density at radius 1 is 1.33 bits per heavy atom. The zero-order chi connectivity index (χ0) is 15.1. The van der Waals surface area contributed by atoms with Crippen LogP contribution in [-0.2, 0) is 4.74 Å². The Kier molecular flexibility index (Phi) is 5.99. The normalized spacial score (nSPS) is 15.9. The molecule has 0 aromatic heterocycles. The second-order valence-corrected chi connectivity index (χ2v) is 5.47. The predicted octanol–water partition coefficient (Wildman–Crippen LogP) is 2.88. The molecule has 0 saturated heterocycles. The molecule has 0 unspecified atom stereocenters. The average molecular weight is 294 g/mol. The van der Waals surface area contributed by atoms with Gasteiger partial charge in [0.1, 0.15) is 5.82 Å². The van der Waals surface area contributed by atoms with Crippen molar-refractivity contribution in [2.75, 3.05) is 18.9 Å². The topological polar surface area (TPSA) is 64.4 Å². The number of hydrogen-bond donors (Lipinski definition) is 2. The maximum absolute atomic E-state index is 13.1. The van der Waals surface area contributed by atoms with Crippen LogP contribution in [0.3, 0.4) is 0 Å². The molecular formula is C16H23FN2O2. The first-order valence-electron chi connectivity index (χ1n) is 7.61. The lowest BCUT2D eigenvalue weighted by molar-refractivity contribution is 0.0273. The number of benzene rings is 1. The van der Waals surface area contributed by atoms with Crippen LogP contribution in [0, 0.1) is 5.82 Å². The third-order valence-corrected chi connectivity index (χ3v) is 3.77. The van der Waals surface area contributed by atoms with Gasteiger partial charge in [-0.3, -0.25) is 4.79 Å². The third kappa shape index (κ3) is 5.01. The minimum Gasteiger partial charge on any atom is -0.398 e. The number of nitrogens with one attached hydrogen (secondary N) is 1. The number of carbonyl (C=O) groups excluding carboxylic acids is 1. The Morgan fingerprint density at radius 2 is 2.10 bits per heavy atom. The molecule has 0 heterocycles. The van der Waals surface area contributed by atoms with Crippen LogP contribution >= 0.6 is 0 Å². The fourth-order valence-electron chi connectivity index (χ4n) is 2.58. The first-order valence-corrected chi connectivity index (χ1v) is 7.61. The number of ether oxygens (including phenoxy) is 1. The summed E-state index contributed by atoms with van der Waals surface area (Å²) in [6, 6.07) is 3.80. The molecule has 2 rings (SSSR count). The quantitative estimate of drug-likeness (QED) is 0.626. The van der Waals surface area contributed by atoms with Crippen molar-refractivity contribution in [2.24, 2.45) is 0 Å². The number of nitrogen functional groups attached to an aromatic ring is 1. The Morgan fingerprint density at radius 3 is 2.86 bits per heavy atom. The van der Waals surface area contributed by atoms with E-state index in [0.717, 1.165) is 25.3 Å². The highest BCUT2D eigenvalue weighted by Gasteiger charge is 2.13. The van der Waals surface area contributed by atoms with Crippen molar-refractivity contribution < 1.29 is 13.9 Å². The fraction of sp³-hybridized carbons (Fsp3) is 0.562. The first kappa shape index (κ1) is 15.8. The van der Waals surface area contributed by atoms with E-state index in [0.29, 0.717) is 19.3 Å². The van der Waals surface area contributed by atoms with Crippen molar-refractivity contribution in [3.05, 3.63) is 29.6 Å². The molecule has 0 radical (unpaired) electrons. The van der Waals surface area contributed by atoms with Gasteiger partial charge < -0.3 is 15.8 Å². The van der Waals surface area contributed by atoms with E-state index in [1.165, 1.54) is 31.4 Å². The minimum atomic E-state index is -0.463. The Bertz CT molecular complexity index is 473. The zero-order valence-electron chi connectivity index (χ0n) is 12.2. The van der Waals surface area contributed by atoms with Crippen LogP contribution in [0.2, 0.25) is 0 Å². The van der Waals surface area contributed by atoms with Crippen molar-refractivity contribution in [1.82, 2.24) is 5.32 Å². The van der Waals surface area contributed by atoms with E-state index >= 15 is 0 Å². The maximum Gasteiger partial charge on any atom is 0.253 e. The number of amides is 1. The molecule has 116 valence electrons. The zero-order valence-corrected chi connectivity index (χ0v) is 12.2. The highest BCUT2D eigenvalue weighted by molar-refractivity contribution is 5.99. The number of hydrogen-bond acceptors (Lipinski definition) is 3. The molecule has 1 aliphatic rings. The predicted molar refractivity (Wildman–Crippen MR) is 80.6 cm³/mol. The second-order valence-electron chi connectivity index (χ2n) is 5.47. The Hall–Kier alpha value is -1.62. The minimum absolute atomic E-state index is 0.184. The second kappa shape index (κ2) is 7.98. The SMILES string of the molecule is Nc1ccc(F)cc1C(=O)NCCCOC1CCCCC1. The van der Waals surface area contributed by atoms with Crippen molar-refractivity contribution in [3.8, 4) is 0 Å². The molecule has 5 heteroatoms. The van der Waals surface area contributed by atoms with Crippen LogP contribution in [0.25, 0.3) is 0 Å². The maximum atomic E-state index is 13.1. The largest absolute Gasteiger partial charge is 0.398 e. The summed E-state index contributed by atoms with van der Waals surface area (Å²) in [6.07, 6.45) is 7.23. The van der Waals surface area contributed by atoms with Gasteiger partial charge in [-0.15, -0.1) is 0 Å². The third-order valence-electron chi connectivity index (χ3n) is 3.77. The van der Waals surface area contributed by atoms with Crippen molar-refractivity contribution in [1.29, 1.82) is 0 Å². The van der Waals surface area contributed by atoms with E-state index in [4.69, 9.17) is 10.5 Å². The monoisotopic (exact) mass is 294 g/mol. The van der Waals surface area contributed by atoms with E-state index in [2.05, 4.69) is 5.32 Å². The lowest BCUT2D eigenvalue weighted by atomic mass is 9.98. The molecule has 1 aliphatic carbocycles. The molecule has 1 saturated carbocycles. The van der Waals surface area contributed by atoms with Crippen molar-refractivity contribution in [2.45, 2.75) is 44.6 Å². The number of anilines is 1. The van der Waals surface area contributed by atoms with Gasteiger partial charge in [-0.05, 0) is 37.5 Å². The number of rotatable bonds is 6. The van der Waals surface area contributed by atoms with E-state index in [9.17, 15) is 9.18 Å². The van der Waals surface area contributed by atoms with Crippen LogP contribution in [-0.4, -0.2) is 25.2 Å². The summed E-state index contributed by atoms with van der Waals surface area (Å²) in [4.78, 5) is 11.9.